The number of nitrogens with zero attached hydrogens (tertiary/aromatic N) is 3. The Hall–Kier alpha value is -1.40. The summed E-state index contributed by atoms with van der Waals surface area (Å²) in [5.74, 6) is 0.0428. The first-order chi connectivity index (χ1) is 9.17. The van der Waals surface area contributed by atoms with Crippen LogP contribution in [0.4, 0.5) is 5.69 Å². The lowest BCUT2D eigenvalue weighted by Gasteiger charge is -2.19. The Balaban J connectivity index is 2.15. The number of aromatic nitrogens is 2. The summed E-state index contributed by atoms with van der Waals surface area (Å²) in [6.45, 7) is 5.53. The molecule has 2 rings (SSSR count). The predicted octanol–water partition coefficient (Wildman–Crippen LogP) is 2.62. The molecule has 1 N–H and O–H groups in total. The van der Waals surface area contributed by atoms with E-state index in [1.54, 1.807) is 11.0 Å². The molecule has 0 unspecified atom stereocenters. The third-order valence-electron chi connectivity index (χ3n) is 2.91. The molecule has 0 saturated carbocycles. The van der Waals surface area contributed by atoms with Gasteiger partial charge in [0.05, 0.1) is 29.0 Å². The van der Waals surface area contributed by atoms with E-state index in [1.807, 2.05) is 19.9 Å². The molecule has 0 aliphatic heterocycles. The summed E-state index contributed by atoms with van der Waals surface area (Å²) < 4.78 is 8.35. The minimum absolute atomic E-state index is 0.0428. The Morgan fingerprint density at radius 2 is 2.11 bits per heavy atom. The lowest BCUT2D eigenvalue weighted by molar-refractivity contribution is -0.128. The maximum atomic E-state index is 12.0. The Morgan fingerprint density at radius 1 is 1.37 bits per heavy atom. The molecule has 1 aromatic carbocycles. The summed E-state index contributed by atoms with van der Waals surface area (Å²) in [6, 6.07) is 3.58. The van der Waals surface area contributed by atoms with Crippen molar-refractivity contribution in [1.29, 1.82) is 0 Å². The van der Waals surface area contributed by atoms with Crippen molar-refractivity contribution < 1.29 is 4.79 Å². The number of halogens is 1. The lowest BCUT2D eigenvalue weighted by atomic mass is 10.2. The lowest BCUT2D eigenvalue weighted by Crippen LogP contribution is -2.35. The van der Waals surface area contributed by atoms with Crippen LogP contribution in [0.1, 0.15) is 13.8 Å². The topological polar surface area (TPSA) is 58.1 Å². The van der Waals surface area contributed by atoms with Gasteiger partial charge >= 0.3 is 0 Å². The van der Waals surface area contributed by atoms with Crippen molar-refractivity contribution in [3.8, 4) is 0 Å². The Morgan fingerprint density at radius 3 is 2.79 bits per heavy atom. The van der Waals surface area contributed by atoms with Crippen molar-refractivity contribution in [3.63, 3.8) is 0 Å². The SMILES string of the molecule is CCN(CC)C(=O)CNc1c(Cl)ccc2nsnc12. The van der Waals surface area contributed by atoms with Crippen LogP contribution < -0.4 is 5.32 Å². The van der Waals surface area contributed by atoms with Gasteiger partial charge in [-0.1, -0.05) is 11.6 Å². The number of nitrogens with one attached hydrogen (secondary N) is 1. The zero-order valence-corrected chi connectivity index (χ0v) is 12.4. The van der Waals surface area contributed by atoms with Gasteiger partial charge in [-0.05, 0) is 26.0 Å². The quantitative estimate of drug-likeness (QED) is 0.922. The zero-order chi connectivity index (χ0) is 13.8. The molecule has 7 heteroatoms. The molecule has 0 spiro atoms. The largest absolute Gasteiger partial charge is 0.373 e. The van der Waals surface area contributed by atoms with Gasteiger partial charge in [0.1, 0.15) is 11.0 Å². The Bertz CT molecular complexity index is 582. The van der Waals surface area contributed by atoms with Crippen LogP contribution in [0.25, 0.3) is 11.0 Å². The molecule has 2 aromatic rings. The van der Waals surface area contributed by atoms with Crippen LogP contribution in [0.2, 0.25) is 5.02 Å². The van der Waals surface area contributed by atoms with Crippen LogP contribution in [-0.4, -0.2) is 39.2 Å². The molecule has 0 aliphatic rings. The highest BCUT2D eigenvalue weighted by molar-refractivity contribution is 7.00. The van der Waals surface area contributed by atoms with Crippen LogP contribution >= 0.6 is 23.3 Å². The molecule has 5 nitrogen and oxygen atoms in total. The van der Waals surface area contributed by atoms with Gasteiger partial charge in [0, 0.05) is 13.1 Å². The molecule has 0 fully saturated rings. The van der Waals surface area contributed by atoms with Gasteiger partial charge in [-0.15, -0.1) is 0 Å². The Labute approximate surface area is 120 Å². The molecular weight excluding hydrogens is 284 g/mol. The second-order valence-corrected chi connectivity index (χ2v) is 4.91. The van der Waals surface area contributed by atoms with Crippen molar-refractivity contribution >= 4 is 46.0 Å². The molecule has 102 valence electrons. The Kier molecular flexibility index (Phi) is 4.55. The number of anilines is 1. The highest BCUT2D eigenvalue weighted by Gasteiger charge is 2.13. The fraction of sp³-hybridized carbons (Fsp3) is 0.417. The van der Waals surface area contributed by atoms with E-state index in [1.165, 1.54) is 0 Å². The van der Waals surface area contributed by atoms with E-state index in [4.69, 9.17) is 11.6 Å². The molecule has 0 saturated heterocycles. The molecule has 1 amide bonds. The summed E-state index contributed by atoms with van der Waals surface area (Å²) in [6.07, 6.45) is 0. The van der Waals surface area contributed by atoms with Gasteiger partial charge in [0.2, 0.25) is 5.91 Å². The zero-order valence-electron chi connectivity index (χ0n) is 10.8. The standard InChI is InChI=1S/C12H15ClN4OS/c1-3-17(4-2)10(18)7-14-11-8(13)5-6-9-12(11)16-19-15-9/h5-6,14H,3-4,7H2,1-2H3. The van der Waals surface area contributed by atoms with Gasteiger partial charge in [-0.2, -0.15) is 8.75 Å². The number of hydrogen-bond donors (Lipinski definition) is 1. The third kappa shape index (κ3) is 2.96. The number of hydrogen-bond acceptors (Lipinski definition) is 5. The van der Waals surface area contributed by atoms with E-state index in [0.29, 0.717) is 29.3 Å². The molecule has 1 aromatic heterocycles. The fourth-order valence-corrected chi connectivity index (χ4v) is 2.61. The van der Waals surface area contributed by atoms with Gasteiger partial charge in [0.25, 0.3) is 0 Å². The van der Waals surface area contributed by atoms with Crippen molar-refractivity contribution in [2.24, 2.45) is 0 Å². The van der Waals surface area contributed by atoms with Crippen molar-refractivity contribution in [2.75, 3.05) is 25.0 Å². The number of benzene rings is 1. The van der Waals surface area contributed by atoms with E-state index in [0.717, 1.165) is 17.2 Å². The number of fused-ring (bicyclic) bond motifs is 1. The van der Waals surface area contributed by atoms with Crippen LogP contribution in [0.5, 0.6) is 0 Å². The van der Waals surface area contributed by atoms with Gasteiger partial charge < -0.3 is 10.2 Å². The number of amides is 1. The number of rotatable bonds is 5. The first-order valence-electron chi connectivity index (χ1n) is 6.09. The highest BCUT2D eigenvalue weighted by Crippen LogP contribution is 2.29. The fourth-order valence-electron chi connectivity index (χ4n) is 1.85. The second kappa shape index (κ2) is 6.16. The molecular formula is C12H15ClN4OS. The van der Waals surface area contributed by atoms with E-state index in [-0.39, 0.29) is 12.5 Å². The summed E-state index contributed by atoms with van der Waals surface area (Å²) in [5.41, 5.74) is 2.17. The van der Waals surface area contributed by atoms with Crippen LogP contribution in [0, 0.1) is 0 Å². The summed E-state index contributed by atoms with van der Waals surface area (Å²) >= 11 is 7.27. The van der Waals surface area contributed by atoms with Crippen molar-refractivity contribution in [3.05, 3.63) is 17.2 Å². The summed E-state index contributed by atoms with van der Waals surface area (Å²) in [4.78, 5) is 13.7. The minimum atomic E-state index is 0.0428. The average molecular weight is 299 g/mol. The van der Waals surface area contributed by atoms with E-state index >= 15 is 0 Å². The maximum Gasteiger partial charge on any atom is 0.241 e. The van der Waals surface area contributed by atoms with Crippen LogP contribution in [-0.2, 0) is 4.79 Å². The van der Waals surface area contributed by atoms with Gasteiger partial charge in [0.15, 0.2) is 0 Å². The summed E-state index contributed by atoms with van der Waals surface area (Å²) in [5, 5.41) is 3.62. The molecule has 0 aliphatic carbocycles. The van der Waals surface area contributed by atoms with Crippen molar-refractivity contribution in [1.82, 2.24) is 13.6 Å². The third-order valence-corrected chi connectivity index (χ3v) is 3.77. The monoisotopic (exact) mass is 298 g/mol. The minimum Gasteiger partial charge on any atom is -0.373 e. The first kappa shape index (κ1) is 14.0. The van der Waals surface area contributed by atoms with E-state index in [2.05, 4.69) is 14.1 Å². The average Bonchev–Trinajstić information content (AvgIpc) is 2.87. The normalized spacial score (nSPS) is 10.7. The van der Waals surface area contributed by atoms with Gasteiger partial charge in [-0.25, -0.2) is 0 Å². The first-order valence-corrected chi connectivity index (χ1v) is 7.20. The number of likely N-dealkylation sites (N-methyl/N-ethyl adjacent to an activating group) is 1. The van der Waals surface area contributed by atoms with Crippen molar-refractivity contribution in [2.45, 2.75) is 13.8 Å². The molecule has 19 heavy (non-hydrogen) atoms. The second-order valence-electron chi connectivity index (χ2n) is 3.97. The van der Waals surface area contributed by atoms with Crippen LogP contribution in [0.3, 0.4) is 0 Å². The molecule has 0 bridgehead atoms. The van der Waals surface area contributed by atoms with Gasteiger partial charge in [-0.3, -0.25) is 4.79 Å². The summed E-state index contributed by atoms with van der Waals surface area (Å²) in [7, 11) is 0. The number of carbonyl (C=O) groups is 1. The molecule has 0 atom stereocenters. The number of carbonyl (C=O) groups excluding carboxylic acids is 1. The molecule has 1 heterocycles. The molecule has 0 radical (unpaired) electrons. The van der Waals surface area contributed by atoms with E-state index < -0.39 is 0 Å². The maximum absolute atomic E-state index is 12.0. The van der Waals surface area contributed by atoms with E-state index in [9.17, 15) is 4.79 Å². The highest BCUT2D eigenvalue weighted by atomic mass is 35.5. The smallest absolute Gasteiger partial charge is 0.241 e. The van der Waals surface area contributed by atoms with Crippen LogP contribution in [0.15, 0.2) is 12.1 Å². The predicted molar refractivity (Wildman–Crippen MR) is 78.8 cm³/mol.